The fourth-order valence-electron chi connectivity index (χ4n) is 2.34. The van der Waals surface area contributed by atoms with Crippen LogP contribution >= 0.6 is 0 Å². The van der Waals surface area contributed by atoms with E-state index in [1.807, 2.05) is 16.7 Å². The van der Waals surface area contributed by atoms with Crippen LogP contribution in [0.1, 0.15) is 27.2 Å². The Kier molecular flexibility index (Phi) is 4.70. The molecule has 1 atom stereocenters. The van der Waals surface area contributed by atoms with Gasteiger partial charge in [0.15, 0.2) is 0 Å². The minimum Gasteiger partial charge on any atom is -0.480 e. The molecule has 104 valence electrons. The first-order chi connectivity index (χ1) is 8.30. The lowest BCUT2D eigenvalue weighted by Gasteiger charge is -2.43. The topological polar surface area (TPSA) is 86.9 Å². The van der Waals surface area contributed by atoms with E-state index in [4.69, 9.17) is 10.8 Å². The van der Waals surface area contributed by atoms with Crippen molar-refractivity contribution in [3.05, 3.63) is 0 Å². The molecule has 1 aliphatic heterocycles. The maximum absolute atomic E-state index is 11.4. The van der Waals surface area contributed by atoms with E-state index in [1.165, 1.54) is 0 Å². The summed E-state index contributed by atoms with van der Waals surface area (Å²) < 4.78 is 0. The van der Waals surface area contributed by atoms with Crippen LogP contribution in [0.4, 0.5) is 0 Å². The highest BCUT2D eigenvalue weighted by Crippen LogP contribution is 2.18. The van der Waals surface area contributed by atoms with Gasteiger partial charge in [-0.2, -0.15) is 0 Å². The Labute approximate surface area is 108 Å². The van der Waals surface area contributed by atoms with Gasteiger partial charge < -0.3 is 10.8 Å². The smallest absolute Gasteiger partial charge is 0.320 e. The van der Waals surface area contributed by atoms with Gasteiger partial charge in [0.05, 0.1) is 5.54 Å². The fraction of sp³-hybridized carbons (Fsp3) is 0.833. The predicted octanol–water partition coefficient (Wildman–Crippen LogP) is -0.269. The molecule has 1 heterocycles. The van der Waals surface area contributed by atoms with Gasteiger partial charge in [-0.3, -0.25) is 19.4 Å². The van der Waals surface area contributed by atoms with Crippen LogP contribution < -0.4 is 5.73 Å². The Hall–Kier alpha value is -1.14. The van der Waals surface area contributed by atoms with Gasteiger partial charge in [0, 0.05) is 26.2 Å². The number of nitrogens with zero attached hydrogens (tertiary/aromatic N) is 2. The Morgan fingerprint density at radius 3 is 2.11 bits per heavy atom. The average Bonchev–Trinajstić information content (AvgIpc) is 2.30. The van der Waals surface area contributed by atoms with Crippen LogP contribution in [0, 0.1) is 0 Å². The highest BCUT2D eigenvalue weighted by atomic mass is 16.4. The lowest BCUT2D eigenvalue weighted by Crippen LogP contribution is -2.61. The molecule has 0 saturated carbocycles. The molecule has 0 bridgehead atoms. The molecule has 3 N–H and O–H groups in total. The molecule has 1 unspecified atom stereocenters. The molecule has 0 aromatic heterocycles. The second-order valence-electron chi connectivity index (χ2n) is 5.21. The van der Waals surface area contributed by atoms with Gasteiger partial charge in [0.1, 0.15) is 6.04 Å². The number of piperazine rings is 1. The molecule has 0 spiro atoms. The molecule has 6 heteroatoms. The third-order valence-corrected chi connectivity index (χ3v) is 3.82. The van der Waals surface area contributed by atoms with E-state index >= 15 is 0 Å². The van der Waals surface area contributed by atoms with Gasteiger partial charge in [-0.15, -0.1) is 0 Å². The summed E-state index contributed by atoms with van der Waals surface area (Å²) in [7, 11) is 0. The van der Waals surface area contributed by atoms with E-state index in [9.17, 15) is 9.59 Å². The summed E-state index contributed by atoms with van der Waals surface area (Å²) in [5.41, 5.74) is 4.71. The van der Waals surface area contributed by atoms with Crippen molar-refractivity contribution in [2.45, 2.75) is 38.8 Å². The van der Waals surface area contributed by atoms with E-state index in [-0.39, 0.29) is 5.91 Å². The molecule has 0 radical (unpaired) electrons. The highest BCUT2D eigenvalue weighted by Gasteiger charge is 2.36. The van der Waals surface area contributed by atoms with Crippen LogP contribution in [0.15, 0.2) is 0 Å². The van der Waals surface area contributed by atoms with Crippen LogP contribution in [0.2, 0.25) is 0 Å². The predicted molar refractivity (Wildman–Crippen MR) is 68.1 cm³/mol. The third-order valence-electron chi connectivity index (χ3n) is 3.82. The fourth-order valence-corrected chi connectivity index (χ4v) is 2.34. The van der Waals surface area contributed by atoms with Crippen LogP contribution in [0.25, 0.3) is 0 Å². The van der Waals surface area contributed by atoms with E-state index in [0.717, 1.165) is 0 Å². The third kappa shape index (κ3) is 3.00. The average molecular weight is 257 g/mol. The van der Waals surface area contributed by atoms with E-state index in [0.29, 0.717) is 32.6 Å². The molecule has 6 nitrogen and oxygen atoms in total. The molecular formula is C12H23N3O3. The molecule has 1 fully saturated rings. The standard InChI is InChI=1S/C12H23N3O3/c1-4-9(10(16)17)14-5-7-15(8-6-14)12(2,3)11(13)18/h9H,4-8H2,1-3H3,(H2,13,18)(H,16,17). The first-order valence-corrected chi connectivity index (χ1v) is 6.32. The summed E-state index contributed by atoms with van der Waals surface area (Å²) in [5.74, 6) is -1.12. The number of nitrogens with two attached hydrogens (primary N) is 1. The van der Waals surface area contributed by atoms with E-state index in [2.05, 4.69) is 0 Å². The van der Waals surface area contributed by atoms with Crippen LogP contribution in [0.3, 0.4) is 0 Å². The minimum atomic E-state index is -0.778. The molecule has 0 aromatic rings. The lowest BCUT2D eigenvalue weighted by atomic mass is 10.0. The van der Waals surface area contributed by atoms with Crippen LogP contribution in [-0.2, 0) is 9.59 Å². The molecule has 0 aromatic carbocycles. The summed E-state index contributed by atoms with van der Waals surface area (Å²) in [4.78, 5) is 26.4. The van der Waals surface area contributed by atoms with Crippen molar-refractivity contribution in [3.63, 3.8) is 0 Å². The molecule has 1 saturated heterocycles. The van der Waals surface area contributed by atoms with Crippen molar-refractivity contribution in [2.75, 3.05) is 26.2 Å². The van der Waals surface area contributed by atoms with Gasteiger partial charge in [-0.25, -0.2) is 0 Å². The number of primary amides is 1. The monoisotopic (exact) mass is 257 g/mol. The summed E-state index contributed by atoms with van der Waals surface area (Å²) >= 11 is 0. The summed E-state index contributed by atoms with van der Waals surface area (Å²) in [6.07, 6.45) is 0.592. The molecule has 0 aliphatic carbocycles. The van der Waals surface area contributed by atoms with Gasteiger partial charge in [-0.1, -0.05) is 6.92 Å². The van der Waals surface area contributed by atoms with Crippen LogP contribution in [-0.4, -0.2) is 64.5 Å². The zero-order chi connectivity index (χ0) is 13.9. The van der Waals surface area contributed by atoms with E-state index < -0.39 is 17.6 Å². The number of carboxylic acid groups (broad SMARTS) is 1. The Bertz CT molecular complexity index is 323. The Morgan fingerprint density at radius 1 is 1.28 bits per heavy atom. The summed E-state index contributed by atoms with van der Waals surface area (Å²) in [6, 6.07) is -0.427. The SMILES string of the molecule is CCC(C(=O)O)N1CCN(C(C)(C)C(N)=O)CC1. The maximum Gasteiger partial charge on any atom is 0.320 e. The molecule has 1 amide bonds. The molecular weight excluding hydrogens is 234 g/mol. The van der Waals surface area contributed by atoms with Gasteiger partial charge >= 0.3 is 5.97 Å². The van der Waals surface area contributed by atoms with E-state index in [1.54, 1.807) is 13.8 Å². The van der Waals surface area contributed by atoms with Gasteiger partial charge in [0.2, 0.25) is 5.91 Å². The van der Waals surface area contributed by atoms with Crippen LogP contribution in [0.5, 0.6) is 0 Å². The number of rotatable bonds is 5. The van der Waals surface area contributed by atoms with Crippen molar-refractivity contribution in [3.8, 4) is 0 Å². The minimum absolute atomic E-state index is 0.346. The zero-order valence-corrected chi connectivity index (χ0v) is 11.3. The van der Waals surface area contributed by atoms with Gasteiger partial charge in [-0.05, 0) is 20.3 Å². The summed E-state index contributed by atoms with van der Waals surface area (Å²) in [5, 5.41) is 9.11. The number of carbonyl (C=O) groups excluding carboxylic acids is 1. The number of hydrogen-bond donors (Lipinski definition) is 2. The first-order valence-electron chi connectivity index (χ1n) is 6.32. The number of hydrogen-bond acceptors (Lipinski definition) is 4. The quantitative estimate of drug-likeness (QED) is 0.708. The molecule has 1 aliphatic rings. The second kappa shape index (κ2) is 5.67. The number of carboxylic acids is 1. The normalized spacial score (nSPS) is 20.6. The number of aliphatic carboxylic acids is 1. The number of amides is 1. The van der Waals surface area contributed by atoms with Crippen molar-refractivity contribution in [1.82, 2.24) is 9.80 Å². The van der Waals surface area contributed by atoms with Crippen molar-refractivity contribution in [2.24, 2.45) is 5.73 Å². The first kappa shape index (κ1) is 14.9. The van der Waals surface area contributed by atoms with Crippen molar-refractivity contribution >= 4 is 11.9 Å². The number of carbonyl (C=O) groups is 2. The lowest BCUT2D eigenvalue weighted by molar-refractivity contribution is -0.145. The van der Waals surface area contributed by atoms with Crippen molar-refractivity contribution < 1.29 is 14.7 Å². The van der Waals surface area contributed by atoms with Gasteiger partial charge in [0.25, 0.3) is 0 Å². The highest BCUT2D eigenvalue weighted by molar-refractivity contribution is 5.83. The second-order valence-corrected chi connectivity index (χ2v) is 5.21. The van der Waals surface area contributed by atoms with Crippen molar-refractivity contribution in [1.29, 1.82) is 0 Å². The summed E-state index contributed by atoms with van der Waals surface area (Å²) in [6.45, 7) is 8.12. The maximum atomic E-state index is 11.4. The Morgan fingerprint density at radius 2 is 1.78 bits per heavy atom. The zero-order valence-electron chi connectivity index (χ0n) is 11.3. The largest absolute Gasteiger partial charge is 0.480 e. The molecule has 1 rings (SSSR count). The Balaban J connectivity index is 2.61. The molecule has 18 heavy (non-hydrogen) atoms.